The van der Waals surface area contributed by atoms with E-state index in [0.29, 0.717) is 5.56 Å². The number of ether oxygens (including phenoxy) is 1. The van der Waals surface area contributed by atoms with Gasteiger partial charge in [-0.15, -0.1) is 11.6 Å². The molecular formula is C9H8ClNO3. The minimum Gasteiger partial charge on any atom is -0.463 e. The number of alkyl halides is 1. The molecule has 5 heteroatoms. The van der Waals surface area contributed by atoms with Gasteiger partial charge in [0.2, 0.25) is 0 Å². The Morgan fingerprint density at radius 3 is 2.79 bits per heavy atom. The first-order chi connectivity index (χ1) is 6.66. The summed E-state index contributed by atoms with van der Waals surface area (Å²) in [6, 6.07) is 3.25. The Bertz CT molecular complexity index is 339. The molecule has 0 aromatic carbocycles. The summed E-state index contributed by atoms with van der Waals surface area (Å²) in [6.07, 6.45) is 2.98. The summed E-state index contributed by atoms with van der Waals surface area (Å²) in [4.78, 5) is 25.9. The molecule has 14 heavy (non-hydrogen) atoms. The van der Waals surface area contributed by atoms with Crippen LogP contribution in [0.5, 0.6) is 0 Å². The van der Waals surface area contributed by atoms with Crippen LogP contribution in [0.3, 0.4) is 0 Å². The lowest BCUT2D eigenvalue weighted by Gasteiger charge is -2.05. The van der Waals surface area contributed by atoms with E-state index in [4.69, 9.17) is 11.6 Å². The highest BCUT2D eigenvalue weighted by molar-refractivity contribution is 6.47. The predicted molar refractivity (Wildman–Crippen MR) is 49.9 cm³/mol. The molecule has 0 radical (unpaired) electrons. The number of nitrogens with zero attached hydrogens (tertiary/aromatic N) is 1. The van der Waals surface area contributed by atoms with E-state index in [1.165, 1.54) is 6.20 Å². The zero-order valence-electron chi connectivity index (χ0n) is 7.44. The number of ketones is 1. The van der Waals surface area contributed by atoms with Crippen molar-refractivity contribution in [3.05, 3.63) is 30.1 Å². The van der Waals surface area contributed by atoms with Gasteiger partial charge in [-0.3, -0.25) is 9.78 Å². The van der Waals surface area contributed by atoms with Gasteiger partial charge in [0.1, 0.15) is 5.38 Å². The lowest BCUT2D eigenvalue weighted by molar-refractivity contribution is -0.151. The molecule has 0 bridgehead atoms. The summed E-state index contributed by atoms with van der Waals surface area (Å²) in [5.74, 6) is -1.74. The highest BCUT2D eigenvalue weighted by Crippen LogP contribution is 2.20. The van der Waals surface area contributed by atoms with Crippen LogP contribution < -0.4 is 0 Å². The topological polar surface area (TPSA) is 56.3 Å². The van der Waals surface area contributed by atoms with Crippen molar-refractivity contribution in [3.8, 4) is 0 Å². The second kappa shape index (κ2) is 4.72. The molecule has 0 spiro atoms. The third-order valence-electron chi connectivity index (χ3n) is 1.59. The molecule has 1 heterocycles. The summed E-state index contributed by atoms with van der Waals surface area (Å²) in [7, 11) is 1.13. The Morgan fingerprint density at radius 2 is 2.29 bits per heavy atom. The lowest BCUT2D eigenvalue weighted by atomic mass is 10.1. The first-order valence-electron chi connectivity index (χ1n) is 3.83. The molecule has 0 aliphatic carbocycles. The Morgan fingerprint density at radius 1 is 1.57 bits per heavy atom. The molecule has 1 aromatic rings. The zero-order chi connectivity index (χ0) is 10.6. The van der Waals surface area contributed by atoms with Crippen molar-refractivity contribution in [1.29, 1.82) is 0 Å². The fraction of sp³-hybridized carbons (Fsp3) is 0.222. The molecular weight excluding hydrogens is 206 g/mol. The molecule has 0 saturated heterocycles. The minimum atomic E-state index is -1.03. The van der Waals surface area contributed by atoms with Gasteiger partial charge in [-0.2, -0.15) is 0 Å². The van der Waals surface area contributed by atoms with Crippen LogP contribution in [-0.2, 0) is 14.3 Å². The average molecular weight is 214 g/mol. The zero-order valence-corrected chi connectivity index (χ0v) is 8.19. The van der Waals surface area contributed by atoms with E-state index in [-0.39, 0.29) is 0 Å². The van der Waals surface area contributed by atoms with Gasteiger partial charge in [0, 0.05) is 12.4 Å². The summed E-state index contributed by atoms with van der Waals surface area (Å²) in [5, 5.41) is -1.03. The largest absolute Gasteiger partial charge is 0.463 e. The van der Waals surface area contributed by atoms with Crippen LogP contribution in [-0.4, -0.2) is 23.8 Å². The number of methoxy groups -OCH3 is 1. The van der Waals surface area contributed by atoms with Crippen molar-refractivity contribution in [1.82, 2.24) is 4.98 Å². The van der Waals surface area contributed by atoms with Gasteiger partial charge in [-0.1, -0.05) is 6.07 Å². The SMILES string of the molecule is COC(=O)C(=O)C(Cl)c1cccnc1. The molecule has 0 amide bonds. The van der Waals surface area contributed by atoms with Gasteiger partial charge in [0.25, 0.3) is 5.78 Å². The van der Waals surface area contributed by atoms with Gasteiger partial charge in [0.15, 0.2) is 0 Å². The first kappa shape index (κ1) is 10.7. The Balaban J connectivity index is 2.81. The van der Waals surface area contributed by atoms with Crippen molar-refractivity contribution in [2.75, 3.05) is 7.11 Å². The molecule has 0 saturated carbocycles. The number of pyridine rings is 1. The van der Waals surface area contributed by atoms with E-state index in [9.17, 15) is 9.59 Å². The van der Waals surface area contributed by atoms with Crippen LogP contribution >= 0.6 is 11.6 Å². The van der Waals surface area contributed by atoms with E-state index in [1.54, 1.807) is 18.3 Å². The summed E-state index contributed by atoms with van der Waals surface area (Å²) in [5.41, 5.74) is 0.476. The summed E-state index contributed by atoms with van der Waals surface area (Å²) >= 11 is 5.74. The first-order valence-corrected chi connectivity index (χ1v) is 4.26. The van der Waals surface area contributed by atoms with Crippen LogP contribution in [0.25, 0.3) is 0 Å². The van der Waals surface area contributed by atoms with Gasteiger partial charge in [-0.25, -0.2) is 4.79 Å². The highest BCUT2D eigenvalue weighted by atomic mass is 35.5. The second-order valence-corrected chi connectivity index (χ2v) is 2.94. The third kappa shape index (κ3) is 2.29. The molecule has 1 atom stereocenters. The number of carbonyl (C=O) groups excluding carboxylic acids is 2. The number of Topliss-reactive ketones (excluding diaryl/α,β-unsaturated/α-hetero) is 1. The van der Waals surface area contributed by atoms with E-state index in [2.05, 4.69) is 9.72 Å². The van der Waals surface area contributed by atoms with Crippen molar-refractivity contribution in [2.24, 2.45) is 0 Å². The molecule has 1 unspecified atom stereocenters. The quantitative estimate of drug-likeness (QED) is 0.429. The fourth-order valence-electron chi connectivity index (χ4n) is 0.881. The van der Waals surface area contributed by atoms with Crippen LogP contribution in [0, 0.1) is 0 Å². The van der Waals surface area contributed by atoms with E-state index in [1.807, 2.05) is 0 Å². The van der Waals surface area contributed by atoms with Crippen molar-refractivity contribution >= 4 is 23.4 Å². The van der Waals surface area contributed by atoms with Crippen LogP contribution in [0.4, 0.5) is 0 Å². The maximum atomic E-state index is 11.2. The molecule has 4 nitrogen and oxygen atoms in total. The number of rotatable bonds is 3. The molecule has 74 valence electrons. The van der Waals surface area contributed by atoms with Crippen molar-refractivity contribution in [2.45, 2.75) is 5.38 Å². The Kier molecular flexibility index (Phi) is 3.59. The third-order valence-corrected chi connectivity index (χ3v) is 2.04. The normalized spacial score (nSPS) is 11.9. The molecule has 1 rings (SSSR count). The summed E-state index contributed by atoms with van der Waals surface area (Å²) in [6.45, 7) is 0. The van der Waals surface area contributed by atoms with Crippen molar-refractivity contribution < 1.29 is 14.3 Å². The number of hydrogen-bond donors (Lipinski definition) is 0. The number of halogens is 1. The maximum absolute atomic E-state index is 11.2. The molecule has 0 aliphatic rings. The smallest absolute Gasteiger partial charge is 0.376 e. The Labute approximate surface area is 85.9 Å². The van der Waals surface area contributed by atoms with E-state index < -0.39 is 17.1 Å². The van der Waals surface area contributed by atoms with Crippen LogP contribution in [0.15, 0.2) is 24.5 Å². The van der Waals surface area contributed by atoms with Gasteiger partial charge >= 0.3 is 5.97 Å². The van der Waals surface area contributed by atoms with Crippen LogP contribution in [0.2, 0.25) is 0 Å². The summed E-state index contributed by atoms with van der Waals surface area (Å²) < 4.78 is 4.26. The van der Waals surface area contributed by atoms with E-state index in [0.717, 1.165) is 7.11 Å². The number of carbonyl (C=O) groups is 2. The van der Waals surface area contributed by atoms with Crippen molar-refractivity contribution in [3.63, 3.8) is 0 Å². The van der Waals surface area contributed by atoms with Gasteiger partial charge in [0.05, 0.1) is 7.11 Å². The number of hydrogen-bond acceptors (Lipinski definition) is 4. The monoisotopic (exact) mass is 213 g/mol. The second-order valence-electron chi connectivity index (χ2n) is 2.50. The average Bonchev–Trinajstić information content (AvgIpc) is 2.27. The molecule has 0 aliphatic heterocycles. The number of aromatic nitrogens is 1. The number of esters is 1. The highest BCUT2D eigenvalue weighted by Gasteiger charge is 2.25. The van der Waals surface area contributed by atoms with E-state index >= 15 is 0 Å². The fourth-order valence-corrected chi connectivity index (χ4v) is 1.10. The molecule has 0 fully saturated rings. The van der Waals surface area contributed by atoms with Crippen LogP contribution in [0.1, 0.15) is 10.9 Å². The lowest BCUT2D eigenvalue weighted by Crippen LogP contribution is -2.20. The predicted octanol–water partition coefficient (Wildman–Crippen LogP) is 1.10. The standard InChI is InChI=1S/C9H8ClNO3/c1-14-9(13)8(12)7(10)6-3-2-4-11-5-6/h2-5,7H,1H3. The molecule has 1 aromatic heterocycles. The minimum absolute atomic E-state index is 0.476. The maximum Gasteiger partial charge on any atom is 0.376 e. The Hall–Kier alpha value is -1.42. The molecule has 0 N–H and O–H groups in total. The van der Waals surface area contributed by atoms with Gasteiger partial charge < -0.3 is 4.74 Å². The van der Waals surface area contributed by atoms with Gasteiger partial charge in [-0.05, 0) is 11.6 Å².